The number of carbonyl (C=O) groups is 1. The van der Waals surface area contributed by atoms with Crippen LogP contribution in [0.15, 0.2) is 17.8 Å². The molecule has 1 aliphatic rings. The molecule has 0 saturated carbocycles. The molecule has 26 heavy (non-hydrogen) atoms. The van der Waals surface area contributed by atoms with E-state index in [0.29, 0.717) is 12.1 Å². The fourth-order valence-corrected chi connectivity index (χ4v) is 3.43. The molecule has 140 valence electrons. The molecule has 3 nitrogen and oxygen atoms in total. The Bertz CT molecular complexity index is 786. The van der Waals surface area contributed by atoms with Crippen molar-refractivity contribution in [2.45, 2.75) is 73.1 Å². The Morgan fingerprint density at radius 3 is 2.50 bits per heavy atom. The third kappa shape index (κ3) is 3.85. The van der Waals surface area contributed by atoms with E-state index in [2.05, 4.69) is 37.7 Å². The SMILES string of the molecule is [C-]#[N+]/C(C(=O)C(C)(C)C)=C1/CC(C)(C)c2cc(OCCCC)c(C)cc21. The molecule has 0 unspecified atom stereocenters. The Hall–Kier alpha value is -2.08. The number of ketones is 1. The molecule has 1 aliphatic carbocycles. The molecule has 0 aliphatic heterocycles. The van der Waals surface area contributed by atoms with Crippen LogP contribution in [-0.4, -0.2) is 12.4 Å². The van der Waals surface area contributed by atoms with Gasteiger partial charge in [0.1, 0.15) is 5.75 Å². The van der Waals surface area contributed by atoms with E-state index in [-0.39, 0.29) is 11.2 Å². The van der Waals surface area contributed by atoms with Crippen molar-refractivity contribution in [2.24, 2.45) is 5.41 Å². The molecule has 0 aromatic heterocycles. The molecule has 0 fully saturated rings. The molecule has 2 rings (SSSR count). The van der Waals surface area contributed by atoms with Gasteiger partial charge in [-0.3, -0.25) is 0 Å². The van der Waals surface area contributed by atoms with Crippen molar-refractivity contribution in [3.05, 3.63) is 45.9 Å². The van der Waals surface area contributed by atoms with Crippen LogP contribution in [0.25, 0.3) is 10.4 Å². The second-order valence-corrected chi connectivity index (χ2v) is 8.94. The van der Waals surface area contributed by atoms with Crippen LogP contribution in [0.5, 0.6) is 5.75 Å². The number of hydrogen-bond acceptors (Lipinski definition) is 2. The van der Waals surface area contributed by atoms with Gasteiger partial charge >= 0.3 is 0 Å². The van der Waals surface area contributed by atoms with Gasteiger partial charge in [-0.1, -0.05) is 48.0 Å². The van der Waals surface area contributed by atoms with Gasteiger partial charge in [-0.2, -0.15) is 0 Å². The first-order chi connectivity index (χ1) is 12.0. The van der Waals surface area contributed by atoms with Gasteiger partial charge in [0.15, 0.2) is 5.78 Å². The molecule has 0 amide bonds. The summed E-state index contributed by atoms with van der Waals surface area (Å²) >= 11 is 0. The third-order valence-corrected chi connectivity index (χ3v) is 5.04. The molecule has 0 bridgehead atoms. The predicted molar refractivity (Wildman–Crippen MR) is 107 cm³/mol. The second-order valence-electron chi connectivity index (χ2n) is 8.94. The monoisotopic (exact) mass is 353 g/mol. The van der Waals surface area contributed by atoms with Gasteiger partial charge in [-0.05, 0) is 59.6 Å². The minimum Gasteiger partial charge on any atom is -0.493 e. The lowest BCUT2D eigenvalue weighted by Gasteiger charge is -2.20. The van der Waals surface area contributed by atoms with Gasteiger partial charge in [-0.15, -0.1) is 0 Å². The summed E-state index contributed by atoms with van der Waals surface area (Å²) in [6, 6.07) is 4.22. The zero-order valence-electron chi connectivity index (χ0n) is 17.2. The fraction of sp³-hybridized carbons (Fsp3) is 0.565. The van der Waals surface area contributed by atoms with Crippen LogP contribution >= 0.6 is 0 Å². The highest BCUT2D eigenvalue weighted by Crippen LogP contribution is 2.49. The lowest BCUT2D eigenvalue weighted by atomic mass is 9.85. The number of unbranched alkanes of at least 4 members (excludes halogenated alkanes) is 1. The van der Waals surface area contributed by atoms with Crippen molar-refractivity contribution in [3.63, 3.8) is 0 Å². The zero-order valence-corrected chi connectivity index (χ0v) is 17.2. The third-order valence-electron chi connectivity index (χ3n) is 5.04. The number of aryl methyl sites for hydroxylation is 1. The van der Waals surface area contributed by atoms with E-state index in [0.717, 1.165) is 41.9 Å². The average molecular weight is 354 g/mol. The van der Waals surface area contributed by atoms with Gasteiger partial charge < -0.3 is 9.53 Å². The maximum atomic E-state index is 12.8. The number of ether oxygens (including phenoxy) is 1. The lowest BCUT2D eigenvalue weighted by molar-refractivity contribution is -0.122. The smallest absolute Gasteiger partial charge is 0.233 e. The zero-order chi connectivity index (χ0) is 19.7. The van der Waals surface area contributed by atoms with Gasteiger partial charge in [0, 0.05) is 5.41 Å². The molecule has 1 aromatic carbocycles. The van der Waals surface area contributed by atoms with Crippen molar-refractivity contribution in [3.8, 4) is 5.75 Å². The van der Waals surface area contributed by atoms with Crippen LogP contribution in [0.4, 0.5) is 0 Å². The highest BCUT2D eigenvalue weighted by Gasteiger charge is 2.38. The van der Waals surface area contributed by atoms with Gasteiger partial charge in [0.2, 0.25) is 5.70 Å². The molecular formula is C23H31NO2. The summed E-state index contributed by atoms with van der Waals surface area (Å²) in [7, 11) is 0. The lowest BCUT2D eigenvalue weighted by Crippen LogP contribution is -2.21. The highest BCUT2D eigenvalue weighted by molar-refractivity contribution is 6.08. The number of hydrogen-bond donors (Lipinski definition) is 0. The van der Waals surface area contributed by atoms with Crippen LogP contribution in [0.3, 0.4) is 0 Å². The van der Waals surface area contributed by atoms with Crippen molar-refractivity contribution >= 4 is 11.4 Å². The Morgan fingerprint density at radius 2 is 1.96 bits per heavy atom. The number of benzene rings is 1. The van der Waals surface area contributed by atoms with Gasteiger partial charge in [0.25, 0.3) is 0 Å². The van der Waals surface area contributed by atoms with E-state index in [1.165, 1.54) is 5.56 Å². The summed E-state index contributed by atoms with van der Waals surface area (Å²) in [4.78, 5) is 16.5. The summed E-state index contributed by atoms with van der Waals surface area (Å²) in [6.07, 6.45) is 2.85. The Kier molecular flexibility index (Phi) is 5.66. The maximum Gasteiger partial charge on any atom is 0.233 e. The number of nitrogens with zero attached hydrogens (tertiary/aromatic N) is 1. The normalized spacial score (nSPS) is 17.5. The molecule has 0 atom stereocenters. The molecule has 0 spiro atoms. The van der Waals surface area contributed by atoms with Crippen molar-refractivity contribution in [1.82, 2.24) is 0 Å². The van der Waals surface area contributed by atoms with Crippen molar-refractivity contribution in [2.75, 3.05) is 6.61 Å². The standard InChI is InChI=1S/C23H31NO2/c1-9-10-11-26-19-13-18-16(12-15(19)2)17(14-23(18,6)7)20(24-8)21(25)22(3,4)5/h12-13H,9-11,14H2,1-7H3/b20-17-. The van der Waals surface area contributed by atoms with Crippen LogP contribution < -0.4 is 4.74 Å². The second kappa shape index (κ2) is 7.27. The summed E-state index contributed by atoms with van der Waals surface area (Å²) in [5.41, 5.74) is 3.79. The van der Waals surface area contributed by atoms with E-state index in [1.54, 1.807) is 0 Å². The minimum absolute atomic E-state index is 0.0768. The van der Waals surface area contributed by atoms with Crippen molar-refractivity contribution < 1.29 is 9.53 Å². The van der Waals surface area contributed by atoms with Gasteiger partial charge in [0.05, 0.1) is 13.2 Å². The molecule has 0 radical (unpaired) electrons. The quantitative estimate of drug-likeness (QED) is 0.364. The number of rotatable bonds is 5. The summed E-state index contributed by atoms with van der Waals surface area (Å²) < 4.78 is 5.98. The van der Waals surface area contributed by atoms with Crippen LogP contribution in [0.2, 0.25) is 0 Å². The molecule has 0 heterocycles. The number of Topliss-reactive ketones (excluding diaryl/α,β-unsaturated/α-hetero) is 1. The Balaban J connectivity index is 2.59. The van der Waals surface area contributed by atoms with E-state index in [4.69, 9.17) is 11.3 Å². The van der Waals surface area contributed by atoms with E-state index >= 15 is 0 Å². The largest absolute Gasteiger partial charge is 0.493 e. The molecule has 0 saturated heterocycles. The first-order valence-electron chi connectivity index (χ1n) is 9.46. The molecule has 0 N–H and O–H groups in total. The van der Waals surface area contributed by atoms with E-state index in [1.807, 2.05) is 27.7 Å². The summed E-state index contributed by atoms with van der Waals surface area (Å²) in [6.45, 7) is 22.5. The van der Waals surface area contributed by atoms with Crippen LogP contribution in [0, 0.1) is 18.9 Å². The summed E-state index contributed by atoms with van der Waals surface area (Å²) in [5.74, 6) is 0.838. The maximum absolute atomic E-state index is 12.8. The van der Waals surface area contributed by atoms with E-state index in [9.17, 15) is 4.79 Å². The van der Waals surface area contributed by atoms with Crippen LogP contribution in [-0.2, 0) is 10.2 Å². The first-order valence-corrected chi connectivity index (χ1v) is 9.46. The molecule has 3 heteroatoms. The Labute approximate surface area is 158 Å². The summed E-state index contributed by atoms with van der Waals surface area (Å²) in [5, 5.41) is 0. The van der Waals surface area contributed by atoms with Gasteiger partial charge in [-0.25, -0.2) is 4.85 Å². The van der Waals surface area contributed by atoms with Crippen LogP contribution in [0.1, 0.15) is 77.5 Å². The Morgan fingerprint density at radius 1 is 1.31 bits per heavy atom. The van der Waals surface area contributed by atoms with Crippen molar-refractivity contribution in [1.29, 1.82) is 0 Å². The molecule has 1 aromatic rings. The average Bonchev–Trinajstić information content (AvgIpc) is 2.78. The first kappa shape index (κ1) is 20.2. The predicted octanol–water partition coefficient (Wildman–Crippen LogP) is 6.10. The highest BCUT2D eigenvalue weighted by atomic mass is 16.5. The number of allylic oxidation sites excluding steroid dienone is 2. The number of carbonyl (C=O) groups excluding carboxylic acids is 1. The minimum atomic E-state index is -0.558. The topological polar surface area (TPSA) is 30.7 Å². The molecular weight excluding hydrogens is 322 g/mol. The van der Waals surface area contributed by atoms with E-state index < -0.39 is 5.41 Å². The fourth-order valence-electron chi connectivity index (χ4n) is 3.43. The number of fused-ring (bicyclic) bond motifs is 1.